The number of rotatable bonds is 6. The van der Waals surface area contributed by atoms with E-state index in [4.69, 9.17) is 10.4 Å². The number of anilines is 1. The maximum Gasteiger partial charge on any atom is 0.305 e. The number of pyridine rings is 1. The van der Waals surface area contributed by atoms with Crippen LogP contribution >= 0.6 is 0 Å². The fourth-order valence-corrected chi connectivity index (χ4v) is 1.54. The fraction of sp³-hybridized carbons (Fsp3) is 0.455. The molecule has 1 aromatic heterocycles. The molecule has 1 aromatic rings. The van der Waals surface area contributed by atoms with Crippen LogP contribution in [0, 0.1) is 21.4 Å². The summed E-state index contributed by atoms with van der Waals surface area (Å²) in [5.41, 5.74) is -0.487. The predicted molar refractivity (Wildman–Crippen MR) is 65.2 cm³/mol. The van der Waals surface area contributed by atoms with E-state index in [1.165, 1.54) is 12.1 Å². The van der Waals surface area contributed by atoms with Gasteiger partial charge in [0.15, 0.2) is 0 Å². The van der Waals surface area contributed by atoms with E-state index < -0.39 is 4.92 Å². The van der Waals surface area contributed by atoms with Gasteiger partial charge in [-0.2, -0.15) is 5.26 Å². The lowest BCUT2D eigenvalue weighted by Gasteiger charge is -2.21. The number of aliphatic hydroxyl groups is 1. The van der Waals surface area contributed by atoms with E-state index in [0.717, 1.165) is 0 Å². The smallest absolute Gasteiger partial charge is 0.305 e. The number of aromatic nitrogens is 1. The molecule has 1 rings (SSSR count). The number of nitro groups is 1. The molecule has 0 aromatic carbocycles. The van der Waals surface area contributed by atoms with Gasteiger partial charge in [-0.05, 0) is 19.4 Å². The summed E-state index contributed by atoms with van der Waals surface area (Å²) in [4.78, 5) is 15.9. The van der Waals surface area contributed by atoms with Gasteiger partial charge in [-0.1, -0.05) is 0 Å². The molecule has 0 aliphatic heterocycles. The van der Waals surface area contributed by atoms with E-state index in [-0.39, 0.29) is 18.0 Å². The molecule has 0 radical (unpaired) electrons. The first-order chi connectivity index (χ1) is 8.63. The highest BCUT2D eigenvalue weighted by atomic mass is 16.6. The lowest BCUT2D eigenvalue weighted by Crippen LogP contribution is -2.25. The third-order valence-electron chi connectivity index (χ3n) is 2.45. The molecule has 0 atom stereocenters. The molecule has 96 valence electrons. The zero-order chi connectivity index (χ0) is 13.5. The van der Waals surface area contributed by atoms with Crippen LogP contribution in [0.3, 0.4) is 0 Å². The number of aliphatic hydroxyl groups excluding tert-OH is 1. The maximum atomic E-state index is 10.7. The van der Waals surface area contributed by atoms with E-state index in [1.807, 2.05) is 11.8 Å². The first kappa shape index (κ1) is 13.9. The van der Waals surface area contributed by atoms with Gasteiger partial charge >= 0.3 is 5.69 Å². The van der Waals surface area contributed by atoms with E-state index in [9.17, 15) is 10.1 Å². The number of nitrogens with zero attached hydrogens (tertiary/aromatic N) is 4. The molecule has 1 N–H and O–H groups in total. The SMILES string of the molecule is CCN(CCCO)c1ccc([N+](=O)[O-])c(C#N)n1. The monoisotopic (exact) mass is 250 g/mol. The number of nitriles is 1. The van der Waals surface area contributed by atoms with E-state index in [0.29, 0.717) is 25.3 Å². The highest BCUT2D eigenvalue weighted by Crippen LogP contribution is 2.20. The average molecular weight is 250 g/mol. The first-order valence-corrected chi connectivity index (χ1v) is 5.55. The van der Waals surface area contributed by atoms with Crippen molar-refractivity contribution in [2.45, 2.75) is 13.3 Å². The molecule has 0 aliphatic carbocycles. The van der Waals surface area contributed by atoms with Gasteiger partial charge in [-0.25, -0.2) is 4.98 Å². The van der Waals surface area contributed by atoms with Gasteiger partial charge in [0, 0.05) is 25.8 Å². The topological polar surface area (TPSA) is 103 Å². The van der Waals surface area contributed by atoms with Crippen molar-refractivity contribution >= 4 is 11.5 Å². The van der Waals surface area contributed by atoms with Crippen molar-refractivity contribution in [3.05, 3.63) is 27.9 Å². The van der Waals surface area contributed by atoms with Crippen molar-refractivity contribution in [3.8, 4) is 6.07 Å². The maximum absolute atomic E-state index is 10.7. The summed E-state index contributed by atoms with van der Waals surface area (Å²) in [6.07, 6.45) is 0.578. The minimum atomic E-state index is -0.626. The zero-order valence-electron chi connectivity index (χ0n) is 10.0. The van der Waals surface area contributed by atoms with Crippen LogP contribution in [0.1, 0.15) is 19.0 Å². The highest BCUT2D eigenvalue weighted by molar-refractivity contribution is 5.51. The highest BCUT2D eigenvalue weighted by Gasteiger charge is 2.17. The Hall–Kier alpha value is -2.20. The largest absolute Gasteiger partial charge is 0.396 e. The Kier molecular flexibility index (Phi) is 5.02. The molecule has 0 aliphatic rings. The quantitative estimate of drug-likeness (QED) is 0.598. The Labute approximate surface area is 104 Å². The Balaban J connectivity index is 3.04. The van der Waals surface area contributed by atoms with Crippen LogP contribution in [0.5, 0.6) is 0 Å². The van der Waals surface area contributed by atoms with Crippen LogP contribution in [-0.2, 0) is 0 Å². The second-order valence-electron chi connectivity index (χ2n) is 3.56. The molecule has 0 fully saturated rings. The van der Waals surface area contributed by atoms with E-state index in [2.05, 4.69) is 4.98 Å². The molecular formula is C11H14N4O3. The van der Waals surface area contributed by atoms with Crippen LogP contribution in [-0.4, -0.2) is 34.7 Å². The summed E-state index contributed by atoms with van der Waals surface area (Å²) in [6.45, 7) is 3.21. The van der Waals surface area contributed by atoms with Crippen molar-refractivity contribution in [1.29, 1.82) is 5.26 Å². The van der Waals surface area contributed by atoms with Crippen molar-refractivity contribution in [1.82, 2.24) is 4.98 Å². The van der Waals surface area contributed by atoms with Gasteiger partial charge < -0.3 is 10.0 Å². The minimum absolute atomic E-state index is 0.0641. The van der Waals surface area contributed by atoms with Crippen molar-refractivity contribution in [2.24, 2.45) is 0 Å². The minimum Gasteiger partial charge on any atom is -0.396 e. The van der Waals surface area contributed by atoms with Crippen molar-refractivity contribution < 1.29 is 10.0 Å². The lowest BCUT2D eigenvalue weighted by molar-refractivity contribution is -0.385. The number of hydrogen-bond donors (Lipinski definition) is 1. The third kappa shape index (κ3) is 3.15. The van der Waals surface area contributed by atoms with Crippen LogP contribution in [0.15, 0.2) is 12.1 Å². The summed E-state index contributed by atoms with van der Waals surface area (Å²) >= 11 is 0. The van der Waals surface area contributed by atoms with Crippen molar-refractivity contribution in [3.63, 3.8) is 0 Å². The van der Waals surface area contributed by atoms with Gasteiger partial charge in [-0.15, -0.1) is 0 Å². The van der Waals surface area contributed by atoms with E-state index in [1.54, 1.807) is 6.07 Å². The molecule has 7 nitrogen and oxygen atoms in total. The molecule has 0 unspecified atom stereocenters. The lowest BCUT2D eigenvalue weighted by atomic mass is 10.3. The Morgan fingerprint density at radius 1 is 1.61 bits per heavy atom. The van der Waals surface area contributed by atoms with Gasteiger partial charge in [0.25, 0.3) is 0 Å². The third-order valence-corrected chi connectivity index (χ3v) is 2.45. The predicted octanol–water partition coefficient (Wildman–Crippen LogP) is 1.07. The molecule has 18 heavy (non-hydrogen) atoms. The summed E-state index contributed by atoms with van der Waals surface area (Å²) in [5.74, 6) is 0.508. The van der Waals surface area contributed by atoms with Crippen LogP contribution in [0.4, 0.5) is 11.5 Å². The molecule has 0 amide bonds. The summed E-state index contributed by atoms with van der Waals surface area (Å²) in [6, 6.07) is 4.52. The molecule has 0 spiro atoms. The normalized spacial score (nSPS) is 9.83. The Bertz CT molecular complexity index is 470. The van der Waals surface area contributed by atoms with Crippen LogP contribution in [0.2, 0.25) is 0 Å². The molecule has 7 heteroatoms. The Morgan fingerprint density at radius 2 is 2.33 bits per heavy atom. The Morgan fingerprint density at radius 3 is 2.83 bits per heavy atom. The summed E-state index contributed by atoms with van der Waals surface area (Å²) in [7, 11) is 0. The zero-order valence-corrected chi connectivity index (χ0v) is 10.0. The standard InChI is InChI=1S/C11H14N4O3/c1-2-14(6-3-7-16)11-5-4-10(15(17)18)9(8-12)13-11/h4-5,16H,2-3,6-7H2,1H3. The second-order valence-corrected chi connectivity index (χ2v) is 3.56. The molecule has 0 saturated carbocycles. The van der Waals surface area contributed by atoms with Crippen LogP contribution < -0.4 is 4.90 Å². The van der Waals surface area contributed by atoms with Gasteiger partial charge in [0.1, 0.15) is 11.9 Å². The van der Waals surface area contributed by atoms with Gasteiger partial charge in [0.05, 0.1) is 4.92 Å². The average Bonchev–Trinajstić information content (AvgIpc) is 2.39. The van der Waals surface area contributed by atoms with Crippen LogP contribution in [0.25, 0.3) is 0 Å². The molecule has 0 bridgehead atoms. The molecular weight excluding hydrogens is 236 g/mol. The van der Waals surface area contributed by atoms with E-state index >= 15 is 0 Å². The van der Waals surface area contributed by atoms with Crippen molar-refractivity contribution in [2.75, 3.05) is 24.6 Å². The van der Waals surface area contributed by atoms with Gasteiger partial charge in [0.2, 0.25) is 5.69 Å². The summed E-state index contributed by atoms with van der Waals surface area (Å²) < 4.78 is 0. The second kappa shape index (κ2) is 6.51. The number of hydrogen-bond acceptors (Lipinski definition) is 6. The molecule has 1 heterocycles. The molecule has 0 saturated heterocycles. The summed E-state index contributed by atoms with van der Waals surface area (Å²) in [5, 5.41) is 28.3. The van der Waals surface area contributed by atoms with Gasteiger partial charge in [-0.3, -0.25) is 10.1 Å². The fourth-order valence-electron chi connectivity index (χ4n) is 1.54. The first-order valence-electron chi connectivity index (χ1n) is 5.55.